The SMILES string of the molecule is NC(=O)c1nnc(NC2C=CC=CO2)c2cc(-c3ccc(Cl)cc3)sc12. The topological polar surface area (TPSA) is 90.1 Å². The highest BCUT2D eigenvalue weighted by Gasteiger charge is 2.19. The molecule has 0 radical (unpaired) electrons. The van der Waals surface area contributed by atoms with Crippen molar-refractivity contribution in [1.29, 1.82) is 0 Å². The van der Waals surface area contributed by atoms with Gasteiger partial charge in [0, 0.05) is 15.3 Å². The van der Waals surface area contributed by atoms with Crippen molar-refractivity contribution in [3.05, 3.63) is 65.5 Å². The molecule has 3 aromatic rings. The van der Waals surface area contributed by atoms with Crippen LogP contribution in [-0.4, -0.2) is 22.3 Å². The van der Waals surface area contributed by atoms with Crippen LogP contribution < -0.4 is 11.1 Å². The van der Waals surface area contributed by atoms with Crippen LogP contribution in [-0.2, 0) is 4.74 Å². The lowest BCUT2D eigenvalue weighted by Gasteiger charge is -2.17. The number of aromatic nitrogens is 2. The second kappa shape index (κ2) is 6.78. The highest BCUT2D eigenvalue weighted by molar-refractivity contribution is 7.22. The lowest BCUT2D eigenvalue weighted by Crippen LogP contribution is -2.21. The highest BCUT2D eigenvalue weighted by Crippen LogP contribution is 2.38. The molecule has 1 aromatic carbocycles. The summed E-state index contributed by atoms with van der Waals surface area (Å²) in [6.45, 7) is 0. The summed E-state index contributed by atoms with van der Waals surface area (Å²) in [5.74, 6) is -0.0956. The van der Waals surface area contributed by atoms with Gasteiger partial charge in [0.05, 0.1) is 11.0 Å². The van der Waals surface area contributed by atoms with Crippen LogP contribution in [0, 0.1) is 0 Å². The van der Waals surface area contributed by atoms with Crippen LogP contribution in [0.15, 0.2) is 54.8 Å². The number of fused-ring (bicyclic) bond motifs is 1. The first-order valence-corrected chi connectivity index (χ1v) is 8.92. The summed E-state index contributed by atoms with van der Waals surface area (Å²) in [6, 6.07) is 9.43. The molecule has 0 saturated heterocycles. The van der Waals surface area contributed by atoms with Crippen LogP contribution in [0.3, 0.4) is 0 Å². The molecule has 1 aliphatic rings. The summed E-state index contributed by atoms with van der Waals surface area (Å²) in [5, 5.41) is 12.7. The number of carbonyl (C=O) groups is 1. The van der Waals surface area contributed by atoms with Gasteiger partial charge in [0.15, 0.2) is 17.7 Å². The van der Waals surface area contributed by atoms with E-state index in [9.17, 15) is 4.79 Å². The summed E-state index contributed by atoms with van der Waals surface area (Å²) in [7, 11) is 0. The van der Waals surface area contributed by atoms with E-state index in [4.69, 9.17) is 22.1 Å². The maximum Gasteiger partial charge on any atom is 0.270 e. The zero-order valence-electron chi connectivity index (χ0n) is 13.3. The van der Waals surface area contributed by atoms with Gasteiger partial charge >= 0.3 is 0 Å². The van der Waals surface area contributed by atoms with Crippen molar-refractivity contribution in [1.82, 2.24) is 10.2 Å². The number of nitrogens with one attached hydrogen (secondary N) is 1. The van der Waals surface area contributed by atoms with Crippen molar-refractivity contribution >= 4 is 44.7 Å². The number of nitrogens with two attached hydrogens (primary N) is 1. The molecule has 3 N–H and O–H groups in total. The number of primary amides is 1. The Kier molecular flexibility index (Phi) is 4.32. The molecular formula is C18H13ClN4O2S. The first kappa shape index (κ1) is 16.6. The molecule has 0 bridgehead atoms. The number of anilines is 1. The molecule has 26 heavy (non-hydrogen) atoms. The largest absolute Gasteiger partial charge is 0.475 e. The Labute approximate surface area is 157 Å². The van der Waals surface area contributed by atoms with Gasteiger partial charge in [-0.25, -0.2) is 0 Å². The Morgan fingerprint density at radius 2 is 2.04 bits per heavy atom. The molecule has 6 nitrogen and oxygen atoms in total. The Balaban J connectivity index is 1.81. The Bertz CT molecular complexity index is 1040. The Morgan fingerprint density at radius 1 is 1.23 bits per heavy atom. The quantitative estimate of drug-likeness (QED) is 0.710. The molecule has 0 aliphatic carbocycles. The molecule has 0 spiro atoms. The van der Waals surface area contributed by atoms with E-state index in [0.29, 0.717) is 15.5 Å². The molecule has 4 rings (SSSR count). The monoisotopic (exact) mass is 384 g/mol. The van der Waals surface area contributed by atoms with E-state index in [-0.39, 0.29) is 11.9 Å². The normalized spacial score (nSPS) is 15.8. The van der Waals surface area contributed by atoms with Crippen LogP contribution in [0.1, 0.15) is 10.5 Å². The third-order valence-corrected chi connectivity index (χ3v) is 5.24. The lowest BCUT2D eigenvalue weighted by atomic mass is 10.1. The van der Waals surface area contributed by atoms with Gasteiger partial charge in [0.25, 0.3) is 5.91 Å². The van der Waals surface area contributed by atoms with Crippen LogP contribution in [0.4, 0.5) is 5.82 Å². The summed E-state index contributed by atoms with van der Waals surface area (Å²) in [6.07, 6.45) is 6.74. The number of amides is 1. The summed E-state index contributed by atoms with van der Waals surface area (Å²) in [4.78, 5) is 12.7. The van der Waals surface area contributed by atoms with Gasteiger partial charge in [-0.2, -0.15) is 0 Å². The molecule has 3 heterocycles. The van der Waals surface area contributed by atoms with Gasteiger partial charge in [0.1, 0.15) is 0 Å². The minimum atomic E-state index is -0.615. The van der Waals surface area contributed by atoms with Crippen LogP contribution in [0.5, 0.6) is 0 Å². The second-order valence-electron chi connectivity index (χ2n) is 5.54. The molecule has 130 valence electrons. The zero-order valence-corrected chi connectivity index (χ0v) is 14.9. The highest BCUT2D eigenvalue weighted by atomic mass is 35.5. The van der Waals surface area contributed by atoms with Gasteiger partial charge in [-0.1, -0.05) is 29.8 Å². The number of nitrogens with zero attached hydrogens (tertiary/aromatic N) is 2. The zero-order chi connectivity index (χ0) is 18.1. The molecule has 0 fully saturated rings. The number of carbonyl (C=O) groups excluding carboxylic acids is 1. The van der Waals surface area contributed by atoms with Gasteiger partial charge < -0.3 is 15.8 Å². The first-order valence-electron chi connectivity index (χ1n) is 7.73. The third kappa shape index (κ3) is 3.14. The van der Waals surface area contributed by atoms with E-state index in [2.05, 4.69) is 15.5 Å². The van der Waals surface area contributed by atoms with Crippen molar-refractivity contribution in [3.63, 3.8) is 0 Å². The lowest BCUT2D eigenvalue weighted by molar-refractivity contribution is 0.0996. The number of benzene rings is 1. The average molecular weight is 385 g/mol. The predicted octanol–water partition coefficient (Wildman–Crippen LogP) is 3.95. The first-order chi connectivity index (χ1) is 12.6. The number of hydrogen-bond acceptors (Lipinski definition) is 6. The van der Waals surface area contributed by atoms with Crippen molar-refractivity contribution in [2.75, 3.05) is 5.32 Å². The van der Waals surface area contributed by atoms with Gasteiger partial charge in [-0.15, -0.1) is 21.5 Å². The maximum atomic E-state index is 11.8. The van der Waals surface area contributed by atoms with Crippen LogP contribution in [0.2, 0.25) is 5.02 Å². The van der Waals surface area contributed by atoms with E-state index < -0.39 is 5.91 Å². The summed E-state index contributed by atoms with van der Waals surface area (Å²) >= 11 is 7.39. The Morgan fingerprint density at radius 3 is 2.73 bits per heavy atom. The number of hydrogen-bond donors (Lipinski definition) is 2. The molecule has 2 aromatic heterocycles. The van der Waals surface area contributed by atoms with E-state index in [1.165, 1.54) is 11.3 Å². The minimum Gasteiger partial charge on any atom is -0.475 e. The molecule has 1 amide bonds. The van der Waals surface area contributed by atoms with E-state index >= 15 is 0 Å². The predicted molar refractivity (Wildman–Crippen MR) is 103 cm³/mol. The van der Waals surface area contributed by atoms with Gasteiger partial charge in [-0.3, -0.25) is 4.79 Å². The molecule has 8 heteroatoms. The molecule has 1 unspecified atom stereocenters. The van der Waals surface area contributed by atoms with Crippen LogP contribution >= 0.6 is 22.9 Å². The van der Waals surface area contributed by atoms with Crippen molar-refractivity contribution in [3.8, 4) is 10.4 Å². The fraction of sp³-hybridized carbons (Fsp3) is 0.0556. The third-order valence-electron chi connectivity index (χ3n) is 3.79. The average Bonchev–Trinajstić information content (AvgIpc) is 3.09. The van der Waals surface area contributed by atoms with E-state index in [1.54, 1.807) is 12.3 Å². The fourth-order valence-electron chi connectivity index (χ4n) is 2.57. The van der Waals surface area contributed by atoms with Gasteiger partial charge in [0.2, 0.25) is 0 Å². The summed E-state index contributed by atoms with van der Waals surface area (Å²) in [5.41, 5.74) is 6.59. The molecular weight excluding hydrogens is 372 g/mol. The van der Waals surface area contributed by atoms with E-state index in [0.717, 1.165) is 15.8 Å². The Hall–Kier alpha value is -2.90. The fourth-order valence-corrected chi connectivity index (χ4v) is 3.85. The number of rotatable bonds is 4. The smallest absolute Gasteiger partial charge is 0.270 e. The van der Waals surface area contributed by atoms with Crippen molar-refractivity contribution in [2.24, 2.45) is 5.73 Å². The number of ether oxygens (including phenoxy) is 1. The number of allylic oxidation sites excluding steroid dienone is 2. The molecule has 1 atom stereocenters. The number of thiophene rings is 1. The van der Waals surface area contributed by atoms with Crippen molar-refractivity contribution < 1.29 is 9.53 Å². The number of halogens is 1. The second-order valence-corrected chi connectivity index (χ2v) is 7.02. The van der Waals surface area contributed by atoms with Crippen molar-refractivity contribution in [2.45, 2.75) is 6.23 Å². The maximum absolute atomic E-state index is 11.8. The van der Waals surface area contributed by atoms with Gasteiger partial charge in [-0.05, 0) is 35.9 Å². The molecule has 1 aliphatic heterocycles. The standard InChI is InChI=1S/C18H13ClN4O2S/c19-11-6-4-10(5-7-11)13-9-12-16(26-13)15(17(20)24)22-23-18(12)21-14-3-1-2-8-25-14/h1-9,14H,(H2,20,24)(H,21,23). The molecule has 0 saturated carbocycles. The minimum absolute atomic E-state index is 0.149. The summed E-state index contributed by atoms with van der Waals surface area (Å²) < 4.78 is 6.14. The van der Waals surface area contributed by atoms with E-state index in [1.807, 2.05) is 42.5 Å². The van der Waals surface area contributed by atoms with Crippen LogP contribution in [0.25, 0.3) is 20.5 Å².